The van der Waals surface area contributed by atoms with E-state index < -0.39 is 44.6 Å². The van der Waals surface area contributed by atoms with Gasteiger partial charge in [-0.2, -0.15) is 4.83 Å². The molecule has 143 heavy (non-hydrogen) atoms. The Hall–Kier alpha value is -3.42. The van der Waals surface area contributed by atoms with Crippen LogP contribution in [0, 0.1) is 57.3 Å². The van der Waals surface area contributed by atoms with Gasteiger partial charge < -0.3 is 133 Å². The van der Waals surface area contributed by atoms with Crippen molar-refractivity contribution in [2.45, 2.75) is 537 Å². The van der Waals surface area contributed by atoms with E-state index in [0.717, 1.165) is 224 Å². The van der Waals surface area contributed by atoms with Crippen molar-refractivity contribution in [3.63, 3.8) is 0 Å². The average Bonchev–Trinajstić information content (AvgIpc) is 1.53. The molecule has 0 amide bonds. The number of fused-ring (bicyclic) bond motifs is 9. The van der Waals surface area contributed by atoms with E-state index in [-0.39, 0.29) is 255 Å². The van der Waals surface area contributed by atoms with Gasteiger partial charge in [0.1, 0.15) is 102 Å². The van der Waals surface area contributed by atoms with E-state index in [1.54, 1.807) is 27.7 Å². The monoisotopic (exact) mass is 2050 g/mol. The summed E-state index contributed by atoms with van der Waals surface area (Å²) in [6, 6.07) is 3.63. The van der Waals surface area contributed by atoms with Crippen LogP contribution in [0.1, 0.15) is 325 Å². The third kappa shape index (κ3) is 30.4. The van der Waals surface area contributed by atoms with Crippen LogP contribution >= 0.6 is 0 Å². The molecule has 35 heteroatoms. The molecule has 16 saturated heterocycles. The van der Waals surface area contributed by atoms with Gasteiger partial charge in [0.25, 0.3) is 10.0 Å². The fraction of sp³-hybridized carbons (Fsp3) is 0.843. The van der Waals surface area contributed by atoms with Crippen molar-refractivity contribution >= 4 is 37.3 Å². The third-order valence-electron chi connectivity index (χ3n) is 30.9. The molecule has 1 aromatic carbocycles. The molecule has 18 fully saturated rings. The number of aliphatic hydroxyl groups is 9. The minimum absolute atomic E-state index is 0. The maximum Gasteiger partial charge on any atom is 1.00 e. The third-order valence-corrected chi connectivity index (χ3v) is 32.4. The van der Waals surface area contributed by atoms with Crippen molar-refractivity contribution in [2.75, 3.05) is 46.2 Å². The largest absolute Gasteiger partial charge is 1.00 e. The minimum Gasteiger partial charge on any atom is -1.00 e. The number of carbonyl (C=O) groups is 3. The summed E-state index contributed by atoms with van der Waals surface area (Å²) in [5, 5.41) is 81.5. The molecular weight excluding hydrogens is 1870 g/mol. The number of hydrazine groups is 1. The van der Waals surface area contributed by atoms with Gasteiger partial charge in [-0.25, -0.2) is 8.42 Å². The number of Topliss-reactive ketones (excluding diaryl/α,β-unsaturated/α-hetero) is 1. The number of nitrogens with two attached hydrogens (primary N) is 1. The Balaban J connectivity index is 0.000000248. The quantitative estimate of drug-likeness (QED) is 0.00954. The van der Waals surface area contributed by atoms with Gasteiger partial charge in [-0.1, -0.05) is 154 Å². The van der Waals surface area contributed by atoms with Gasteiger partial charge in [-0.15, -0.1) is 12.8 Å². The predicted molar refractivity (Wildman–Crippen MR) is 536 cm³/mol. The molecular formula is C108H177BN2NaO30S. The molecule has 3 aliphatic carbocycles. The molecule has 6 bridgehead atoms. The molecule has 32 nitrogen and oxygen atoms in total. The van der Waals surface area contributed by atoms with Gasteiger partial charge in [-0.3, -0.25) is 10.6 Å². The van der Waals surface area contributed by atoms with Crippen LogP contribution in [0.3, 0.4) is 0 Å². The molecule has 2 saturated carbocycles. The van der Waals surface area contributed by atoms with Gasteiger partial charge in [0.15, 0.2) is 17.7 Å². The number of ether oxygens (including phenoxy) is 16. The first kappa shape index (κ1) is 126. The normalized spacial score (nSPS) is 40.2. The number of aldehydes is 1. The minimum atomic E-state index is -3.55. The fourth-order valence-corrected chi connectivity index (χ4v) is 25.8. The van der Waals surface area contributed by atoms with E-state index in [1.807, 2.05) is 42.8 Å². The van der Waals surface area contributed by atoms with E-state index in [1.165, 1.54) is 6.42 Å². The Morgan fingerprint density at radius 2 is 0.895 bits per heavy atom. The first-order valence-corrected chi connectivity index (χ1v) is 54.3. The first-order valence-electron chi connectivity index (χ1n) is 52.8. The Morgan fingerprint density at radius 3 is 1.36 bits per heavy atom. The number of hydrogen-bond acceptors (Lipinski definition) is 31. The molecule has 12 N–H and O–H groups in total. The second kappa shape index (κ2) is 59.2. The van der Waals surface area contributed by atoms with E-state index in [4.69, 9.17) is 120 Å². The van der Waals surface area contributed by atoms with Crippen molar-refractivity contribution in [3.8, 4) is 36.5 Å². The van der Waals surface area contributed by atoms with Crippen molar-refractivity contribution in [3.05, 3.63) is 41.0 Å². The van der Waals surface area contributed by atoms with Gasteiger partial charge >= 0.3 is 29.6 Å². The van der Waals surface area contributed by atoms with Crippen LogP contribution in [-0.4, -0.2) is 332 Å². The molecule has 20 rings (SSSR count). The van der Waals surface area contributed by atoms with Gasteiger partial charge in [-0.05, 0) is 193 Å². The number of ketones is 1. The second-order valence-corrected chi connectivity index (χ2v) is 42.9. The number of hydrogen-bond donors (Lipinski definition) is 11. The van der Waals surface area contributed by atoms with Gasteiger partial charge in [0, 0.05) is 73.2 Å². The van der Waals surface area contributed by atoms with Gasteiger partial charge in [0.2, 0.25) is 0 Å². The van der Waals surface area contributed by atoms with Crippen LogP contribution in [0.2, 0.25) is 0 Å². The van der Waals surface area contributed by atoms with Crippen LogP contribution in [0.15, 0.2) is 29.2 Å². The number of terminal acetylenes is 2. The van der Waals surface area contributed by atoms with Crippen LogP contribution in [0.25, 0.3) is 0 Å². The number of aliphatic hydroxyl groups excluding tert-OH is 9. The predicted octanol–water partition coefficient (Wildman–Crippen LogP) is 7.61. The van der Waals surface area contributed by atoms with Crippen LogP contribution in [0.5, 0.6) is 0 Å². The summed E-state index contributed by atoms with van der Waals surface area (Å²) in [5.74, 6) is 15.8. The summed E-state index contributed by atoms with van der Waals surface area (Å²) in [7, 11) is -3.55. The molecule has 3 spiro atoms. The summed E-state index contributed by atoms with van der Waals surface area (Å²) in [5.41, 5.74) is -0.637. The standard InChI is InChI=1S/C14H26O4.C14H22O4.C13H20O4.C13H18O4.2C13H20O3.C13H18O3.C9H14N2O2S.2C2H6O.CH2O.CH4.B.Na.H/c2*1-2-4-11-6-7-13-14(10-16,18-11)9-12(17-13)5-3-8-15;2*1-2-3-7-4-5-9-13(17-7)6-8(15-9)10(14)11-12(13)16-11;1-2-3-9-4-5-12-13(16-9)7-6-10(14)11(8-13)15-12;2*1-3-5-11-6-7-12-13(9-14,16-11)8-10(4-2)15-12;1-6-4-7(2)9(8(3)5-6)14(12,13)11-10;2*1-2-3;1-2;;;;/h11-13,15-16H,2-10H2,1H3;11-13,15-16H,2,4,6-10H2,1H3;7-12,14H,2-6H2,1H3;7-9,11-12H,2-6H2,1H3;6-7,9-12,14H,2-5,8H2,1H3;2,10-12,14H,3,5-9H2,1H3;2,9-12H,3,5-8H2,1H3;4-5,11H,10H2,1-3H3;2*3H,2H2,1H3;1H2;1H4;;;/q;;;;;;;;;;;;;+1;-1/t2*11-,12-,13-,14+;7-,8+,9-,10-,11?,12-,13-;7-,8+,9-,11?,12-,13-;9-,10+,11+,12-,13-;2*10-,11-,12-,13+;;;;;;;;/m0000000......../s1. The van der Waals surface area contributed by atoms with E-state index in [2.05, 4.69) is 72.1 Å². The van der Waals surface area contributed by atoms with E-state index >= 15 is 0 Å². The zero-order valence-corrected chi connectivity index (χ0v) is 89.9. The fourth-order valence-electron chi connectivity index (χ4n) is 24.7. The van der Waals surface area contributed by atoms with Crippen molar-refractivity contribution < 1.29 is 176 Å². The number of epoxide rings is 2. The van der Waals surface area contributed by atoms with Crippen molar-refractivity contribution in [1.29, 1.82) is 0 Å². The van der Waals surface area contributed by atoms with Crippen LogP contribution in [0.4, 0.5) is 0 Å². The summed E-state index contributed by atoms with van der Waals surface area (Å²) in [6.45, 7) is 26.5. The maximum absolute atomic E-state index is 11.9. The van der Waals surface area contributed by atoms with Gasteiger partial charge in [0.05, 0.1) is 135 Å². The van der Waals surface area contributed by atoms with Crippen LogP contribution < -0.4 is 40.2 Å². The Kier molecular flexibility index (Phi) is 52.3. The number of rotatable bonds is 23. The molecule has 3 radical (unpaired) electrons. The first-order chi connectivity index (χ1) is 67.4. The maximum atomic E-state index is 11.9. The SMILES string of the molecule is C.C#C[C@H]1C[C@]2(C=O)O[C@@H](CCC)CC[C@@H]2O1.C#C[C@H]1C[C@]2(CO)O[C@@H](CCC)CC[C@@H]2O1.C=O.CCC[C@H]1CC[C@@H]2O[C@@H](C#CCO)C[C@]2(CO)O1.CCC[C@H]1CC[C@@H]2O[C@@H](CCCO)C[C@]2(CO)O1.CCC[C@H]1CC[C@@H]2O[C@@H]3C[C@@]2(O1)[C@H]1OC1C3=O.CCC[C@H]1CC[C@@H]2O[C@@H]3C[C@@]2(O1)[C@H]1OC1[C@H]3O.CCC[C@H]1CC[C@@H]2O[C@@H]3C[C@]2(C=C[C@H]3O)O1.CCO.CCO.Cc1cc(C)c(S(=O)(=O)NN)c(C)c1.[B].[H-].[Na+]. The van der Waals surface area contributed by atoms with Crippen molar-refractivity contribution in [2.24, 2.45) is 5.84 Å². The van der Waals surface area contributed by atoms with E-state index in [9.17, 15) is 43.5 Å². The number of nitrogens with one attached hydrogen (secondary N) is 1. The average molecular weight is 2050 g/mol. The molecule has 16 aliphatic heterocycles. The molecule has 809 valence electrons. The number of benzene rings is 1. The molecule has 0 aromatic heterocycles. The molecule has 16 heterocycles. The molecule has 1 aromatic rings. The summed E-state index contributed by atoms with van der Waals surface area (Å²) < 4.78 is 118. The topological polar surface area (TPSA) is 460 Å². The zero-order valence-electron chi connectivity index (χ0n) is 88.1. The zero-order chi connectivity index (χ0) is 102. The Bertz CT molecular complexity index is 4260. The summed E-state index contributed by atoms with van der Waals surface area (Å²) in [4.78, 5) is 33.3. The summed E-state index contributed by atoms with van der Waals surface area (Å²) in [6.07, 6.45) is 51.7. The number of aryl methyl sites for hydroxylation is 3. The Labute approximate surface area is 878 Å². The summed E-state index contributed by atoms with van der Waals surface area (Å²) >= 11 is 0. The number of carbonyl (C=O) groups excluding carboxylic acids is 3. The Morgan fingerprint density at radius 1 is 0.483 bits per heavy atom. The van der Waals surface area contributed by atoms with E-state index in [0.29, 0.717) is 48.7 Å². The molecule has 19 aliphatic rings. The smallest absolute Gasteiger partial charge is 1.00 e. The second-order valence-electron chi connectivity index (χ2n) is 41.2. The van der Waals surface area contributed by atoms with Crippen LogP contribution in [-0.2, 0) is 100 Å². The molecule has 2 unspecified atom stereocenters. The molecule has 34 atom stereocenters. The number of sulfonamides is 1. The van der Waals surface area contributed by atoms with Crippen molar-refractivity contribution in [1.82, 2.24) is 4.83 Å².